The molecule has 0 aliphatic rings. The lowest BCUT2D eigenvalue weighted by Crippen LogP contribution is -2.32. The number of Topliss-reactive ketones (excluding diaryl/α,β-unsaturated/α-hetero) is 1. The van der Waals surface area contributed by atoms with Crippen molar-refractivity contribution in [1.29, 1.82) is 0 Å². The number of methoxy groups -OCH3 is 1. The lowest BCUT2D eigenvalue weighted by molar-refractivity contribution is 0.0244. The standard InChI is InChI=1S/C23H19N3O4/c1-29-18-11-7-10-17(14-18)22(27)21(30-23(28)16-8-3-2-4-9-16)15-26-20-13-6-5-12-19(20)24-25-26/h2-14,21H,15H2,1H3. The third kappa shape index (κ3) is 4.05. The van der Waals surface area contributed by atoms with E-state index in [0.29, 0.717) is 22.4 Å². The number of carbonyl (C=O) groups is 2. The van der Waals surface area contributed by atoms with Gasteiger partial charge < -0.3 is 9.47 Å². The van der Waals surface area contributed by atoms with E-state index < -0.39 is 12.1 Å². The van der Waals surface area contributed by atoms with E-state index in [1.807, 2.05) is 24.3 Å². The molecule has 0 aliphatic heterocycles. The van der Waals surface area contributed by atoms with Gasteiger partial charge in [0.05, 0.1) is 24.7 Å². The Hall–Kier alpha value is -4.00. The molecule has 1 heterocycles. The molecule has 0 aliphatic carbocycles. The smallest absolute Gasteiger partial charge is 0.338 e. The average molecular weight is 401 g/mol. The van der Waals surface area contributed by atoms with E-state index in [-0.39, 0.29) is 12.3 Å². The normalized spacial score (nSPS) is 11.8. The van der Waals surface area contributed by atoms with Gasteiger partial charge in [-0.25, -0.2) is 9.48 Å². The number of ketones is 1. The van der Waals surface area contributed by atoms with Crippen molar-refractivity contribution in [2.24, 2.45) is 0 Å². The molecule has 3 aromatic carbocycles. The van der Waals surface area contributed by atoms with Crippen LogP contribution in [0.5, 0.6) is 5.75 Å². The highest BCUT2D eigenvalue weighted by molar-refractivity contribution is 6.02. The summed E-state index contributed by atoms with van der Waals surface area (Å²) in [5.41, 5.74) is 2.19. The number of para-hydroxylation sites is 1. The Morgan fingerprint density at radius 1 is 0.933 bits per heavy atom. The van der Waals surface area contributed by atoms with Gasteiger partial charge in [-0.2, -0.15) is 0 Å². The highest BCUT2D eigenvalue weighted by atomic mass is 16.5. The molecule has 0 spiro atoms. The van der Waals surface area contributed by atoms with Crippen LogP contribution in [0, 0.1) is 0 Å². The van der Waals surface area contributed by atoms with Gasteiger partial charge in [-0.15, -0.1) is 5.10 Å². The molecule has 4 aromatic rings. The summed E-state index contributed by atoms with van der Waals surface area (Å²) in [5, 5.41) is 8.23. The summed E-state index contributed by atoms with van der Waals surface area (Å²) in [4.78, 5) is 25.9. The first-order valence-electron chi connectivity index (χ1n) is 9.38. The first kappa shape index (κ1) is 19.3. The van der Waals surface area contributed by atoms with Crippen LogP contribution in [-0.4, -0.2) is 40.0 Å². The zero-order chi connectivity index (χ0) is 20.9. The number of esters is 1. The highest BCUT2D eigenvalue weighted by Crippen LogP contribution is 2.18. The Balaban J connectivity index is 1.66. The molecular weight excluding hydrogens is 382 g/mol. The molecule has 0 saturated heterocycles. The summed E-state index contributed by atoms with van der Waals surface area (Å²) in [6.45, 7) is 0.0368. The van der Waals surface area contributed by atoms with Gasteiger partial charge in [-0.05, 0) is 36.4 Å². The Labute approximate surface area is 172 Å². The van der Waals surface area contributed by atoms with Crippen LogP contribution in [0.1, 0.15) is 20.7 Å². The molecule has 30 heavy (non-hydrogen) atoms. The maximum absolute atomic E-state index is 13.2. The van der Waals surface area contributed by atoms with Gasteiger partial charge in [0.25, 0.3) is 0 Å². The number of benzene rings is 3. The molecule has 1 unspecified atom stereocenters. The highest BCUT2D eigenvalue weighted by Gasteiger charge is 2.27. The molecule has 0 bridgehead atoms. The number of ether oxygens (including phenoxy) is 2. The minimum atomic E-state index is -1.09. The average Bonchev–Trinajstić information content (AvgIpc) is 3.21. The Kier molecular flexibility index (Phi) is 5.52. The molecule has 7 nitrogen and oxygen atoms in total. The van der Waals surface area contributed by atoms with Gasteiger partial charge in [0, 0.05) is 5.56 Å². The lowest BCUT2D eigenvalue weighted by atomic mass is 10.1. The van der Waals surface area contributed by atoms with Crippen LogP contribution in [0.25, 0.3) is 11.0 Å². The van der Waals surface area contributed by atoms with Gasteiger partial charge in [0.15, 0.2) is 6.10 Å². The van der Waals surface area contributed by atoms with Gasteiger partial charge in [0.2, 0.25) is 5.78 Å². The maximum atomic E-state index is 13.2. The van der Waals surface area contributed by atoms with Crippen molar-refractivity contribution in [3.05, 3.63) is 90.0 Å². The fourth-order valence-corrected chi connectivity index (χ4v) is 3.12. The molecule has 0 fully saturated rings. The van der Waals surface area contributed by atoms with Gasteiger partial charge >= 0.3 is 5.97 Å². The van der Waals surface area contributed by atoms with E-state index in [9.17, 15) is 9.59 Å². The minimum Gasteiger partial charge on any atom is -0.497 e. The van der Waals surface area contributed by atoms with Crippen molar-refractivity contribution < 1.29 is 19.1 Å². The summed E-state index contributed by atoms with van der Waals surface area (Å²) < 4.78 is 12.4. The predicted octanol–water partition coefficient (Wildman–Crippen LogP) is 3.55. The zero-order valence-corrected chi connectivity index (χ0v) is 16.3. The van der Waals surface area contributed by atoms with E-state index >= 15 is 0 Å². The van der Waals surface area contributed by atoms with E-state index in [1.165, 1.54) is 7.11 Å². The third-order valence-electron chi connectivity index (χ3n) is 4.66. The summed E-state index contributed by atoms with van der Waals surface area (Å²) >= 11 is 0. The molecular formula is C23H19N3O4. The van der Waals surface area contributed by atoms with Gasteiger partial charge in [-0.3, -0.25) is 4.79 Å². The Morgan fingerprint density at radius 2 is 1.67 bits per heavy atom. The van der Waals surface area contributed by atoms with Crippen molar-refractivity contribution in [3.63, 3.8) is 0 Å². The quantitative estimate of drug-likeness (QED) is 0.348. The number of rotatable bonds is 7. The van der Waals surface area contributed by atoms with Crippen molar-refractivity contribution >= 4 is 22.8 Å². The maximum Gasteiger partial charge on any atom is 0.338 e. The molecule has 0 radical (unpaired) electrons. The molecule has 150 valence electrons. The fourth-order valence-electron chi connectivity index (χ4n) is 3.12. The second kappa shape index (κ2) is 8.57. The van der Waals surface area contributed by atoms with Crippen molar-refractivity contribution in [1.82, 2.24) is 15.0 Å². The van der Waals surface area contributed by atoms with Crippen LogP contribution in [0.4, 0.5) is 0 Å². The third-order valence-corrected chi connectivity index (χ3v) is 4.66. The Bertz CT molecular complexity index is 1190. The molecule has 0 amide bonds. The second-order valence-electron chi connectivity index (χ2n) is 6.62. The number of nitrogens with zero attached hydrogens (tertiary/aromatic N) is 3. The van der Waals surface area contributed by atoms with Gasteiger partial charge in [0.1, 0.15) is 11.3 Å². The SMILES string of the molecule is COc1cccc(C(=O)C(Cn2nnc3ccccc32)OC(=O)c2ccccc2)c1. The van der Waals surface area contributed by atoms with E-state index in [0.717, 1.165) is 5.52 Å². The van der Waals surface area contributed by atoms with Crippen LogP contribution in [0.3, 0.4) is 0 Å². The summed E-state index contributed by atoms with van der Waals surface area (Å²) in [7, 11) is 1.53. The molecule has 1 aromatic heterocycles. The van der Waals surface area contributed by atoms with Crippen molar-refractivity contribution in [3.8, 4) is 5.75 Å². The summed E-state index contributed by atoms with van der Waals surface area (Å²) in [6.07, 6.45) is -1.09. The van der Waals surface area contributed by atoms with Gasteiger partial charge in [-0.1, -0.05) is 47.7 Å². The summed E-state index contributed by atoms with van der Waals surface area (Å²) in [6, 6.07) is 22.7. The molecule has 0 N–H and O–H groups in total. The van der Waals surface area contributed by atoms with E-state index in [2.05, 4.69) is 10.3 Å². The molecule has 7 heteroatoms. The molecule has 4 rings (SSSR count). The summed E-state index contributed by atoms with van der Waals surface area (Å²) in [5.74, 6) is -0.390. The van der Waals surface area contributed by atoms with Crippen LogP contribution in [-0.2, 0) is 11.3 Å². The zero-order valence-electron chi connectivity index (χ0n) is 16.3. The first-order valence-corrected chi connectivity index (χ1v) is 9.38. The number of carbonyl (C=O) groups excluding carboxylic acids is 2. The topological polar surface area (TPSA) is 83.3 Å². The monoisotopic (exact) mass is 401 g/mol. The second-order valence-corrected chi connectivity index (χ2v) is 6.62. The van der Waals surface area contributed by atoms with Crippen molar-refractivity contribution in [2.45, 2.75) is 12.6 Å². The minimum absolute atomic E-state index is 0.0368. The number of fused-ring (bicyclic) bond motifs is 1. The van der Waals surface area contributed by atoms with Crippen LogP contribution in [0.15, 0.2) is 78.9 Å². The van der Waals surface area contributed by atoms with Crippen LogP contribution < -0.4 is 4.74 Å². The lowest BCUT2D eigenvalue weighted by Gasteiger charge is -2.17. The predicted molar refractivity (Wildman–Crippen MR) is 110 cm³/mol. The first-order chi connectivity index (χ1) is 14.7. The Morgan fingerprint density at radius 3 is 2.47 bits per heavy atom. The fraction of sp³-hybridized carbons (Fsp3) is 0.130. The number of hydrogen-bond acceptors (Lipinski definition) is 6. The van der Waals surface area contributed by atoms with E-state index in [1.54, 1.807) is 59.3 Å². The molecule has 0 saturated carbocycles. The van der Waals surface area contributed by atoms with Crippen LogP contribution >= 0.6 is 0 Å². The molecule has 1 atom stereocenters. The van der Waals surface area contributed by atoms with Crippen molar-refractivity contribution in [2.75, 3.05) is 7.11 Å². The number of hydrogen-bond donors (Lipinski definition) is 0. The van der Waals surface area contributed by atoms with Crippen LogP contribution in [0.2, 0.25) is 0 Å². The van der Waals surface area contributed by atoms with E-state index in [4.69, 9.17) is 9.47 Å². The largest absolute Gasteiger partial charge is 0.497 e. The number of aromatic nitrogens is 3.